The summed E-state index contributed by atoms with van der Waals surface area (Å²) in [7, 11) is 0. The number of hydrogen-bond donors (Lipinski definition) is 1. The zero-order valence-electron chi connectivity index (χ0n) is 19.0. The molecule has 178 valence electrons. The fraction of sp³-hybridized carbons (Fsp3) is 0.296. The van der Waals surface area contributed by atoms with Gasteiger partial charge in [0.25, 0.3) is 0 Å². The van der Waals surface area contributed by atoms with Gasteiger partial charge in [-0.15, -0.1) is 0 Å². The number of oxime groups is 1. The monoisotopic (exact) mass is 482 g/mol. The Kier molecular flexibility index (Phi) is 8.16. The Balaban J connectivity index is 1.40. The van der Waals surface area contributed by atoms with Gasteiger partial charge in [0.1, 0.15) is 30.4 Å². The minimum atomic E-state index is -0.716. The van der Waals surface area contributed by atoms with Crippen LogP contribution >= 0.6 is 11.6 Å². The molecule has 0 saturated heterocycles. The second-order valence-corrected chi connectivity index (χ2v) is 8.94. The lowest BCUT2D eigenvalue weighted by molar-refractivity contribution is 0.0212. The topological polar surface area (TPSA) is 54.3 Å². The van der Waals surface area contributed by atoms with Gasteiger partial charge in [-0.3, -0.25) is 4.90 Å². The lowest BCUT2D eigenvalue weighted by atomic mass is 10.0. The molecule has 1 N–H and O–H groups in total. The molecule has 4 rings (SSSR count). The molecule has 0 amide bonds. The van der Waals surface area contributed by atoms with Crippen LogP contribution in [0.2, 0.25) is 5.02 Å². The fourth-order valence-corrected chi connectivity index (χ4v) is 4.23. The number of hydrogen-bond acceptors (Lipinski definition) is 5. The molecule has 0 unspecified atom stereocenters. The van der Waals surface area contributed by atoms with E-state index in [0.29, 0.717) is 42.4 Å². The van der Waals surface area contributed by atoms with Gasteiger partial charge >= 0.3 is 0 Å². The highest BCUT2D eigenvalue weighted by molar-refractivity contribution is 6.30. The SMILES string of the molecule is Cc1ccccc1OC[C@@H](O)CN(Cc1cccc(Cl)c1)C[C@H]1CC(c2ccccc2F)=NO1. The third-order valence-corrected chi connectivity index (χ3v) is 5.90. The number of rotatable bonds is 10. The van der Waals surface area contributed by atoms with Crippen LogP contribution in [0.1, 0.15) is 23.1 Å². The molecule has 3 aromatic carbocycles. The van der Waals surface area contributed by atoms with Gasteiger partial charge in [-0.2, -0.15) is 0 Å². The molecule has 1 aliphatic heterocycles. The van der Waals surface area contributed by atoms with Gasteiger partial charge in [-0.05, 0) is 42.3 Å². The van der Waals surface area contributed by atoms with Crippen molar-refractivity contribution in [2.45, 2.75) is 32.1 Å². The minimum Gasteiger partial charge on any atom is -0.491 e. The zero-order chi connectivity index (χ0) is 23.9. The first-order valence-electron chi connectivity index (χ1n) is 11.3. The Morgan fingerprint density at radius 1 is 1.15 bits per heavy atom. The van der Waals surface area contributed by atoms with E-state index < -0.39 is 6.10 Å². The van der Waals surface area contributed by atoms with E-state index in [2.05, 4.69) is 10.1 Å². The number of aryl methyl sites for hydroxylation is 1. The highest BCUT2D eigenvalue weighted by Gasteiger charge is 2.27. The molecular formula is C27H28ClFN2O3. The van der Waals surface area contributed by atoms with E-state index in [9.17, 15) is 9.50 Å². The Labute approximate surface area is 204 Å². The first kappa shape index (κ1) is 24.2. The third-order valence-electron chi connectivity index (χ3n) is 5.67. The summed E-state index contributed by atoms with van der Waals surface area (Å²) < 4.78 is 20.0. The van der Waals surface area contributed by atoms with E-state index in [1.54, 1.807) is 18.2 Å². The molecule has 0 fully saturated rings. The van der Waals surface area contributed by atoms with Crippen molar-refractivity contribution in [1.29, 1.82) is 0 Å². The number of halogens is 2. The van der Waals surface area contributed by atoms with Crippen molar-refractivity contribution in [3.63, 3.8) is 0 Å². The average Bonchev–Trinajstić information content (AvgIpc) is 3.27. The van der Waals surface area contributed by atoms with E-state index in [-0.39, 0.29) is 18.5 Å². The van der Waals surface area contributed by atoms with Crippen LogP contribution in [0.5, 0.6) is 5.75 Å². The number of aliphatic hydroxyl groups is 1. The molecule has 3 aromatic rings. The van der Waals surface area contributed by atoms with Gasteiger partial charge in [-0.25, -0.2) is 4.39 Å². The minimum absolute atomic E-state index is 0.166. The van der Waals surface area contributed by atoms with E-state index in [4.69, 9.17) is 21.2 Å². The predicted octanol–water partition coefficient (Wildman–Crippen LogP) is 5.22. The van der Waals surface area contributed by atoms with Crippen molar-refractivity contribution >= 4 is 17.3 Å². The van der Waals surface area contributed by atoms with Crippen LogP contribution in [-0.4, -0.2) is 47.6 Å². The Bertz CT molecular complexity index is 1140. The Morgan fingerprint density at radius 2 is 1.94 bits per heavy atom. The molecule has 0 bridgehead atoms. The molecule has 7 heteroatoms. The molecular weight excluding hydrogens is 455 g/mol. The largest absolute Gasteiger partial charge is 0.491 e. The molecule has 0 aliphatic carbocycles. The number of ether oxygens (including phenoxy) is 1. The highest BCUT2D eigenvalue weighted by atomic mass is 35.5. The fourth-order valence-electron chi connectivity index (χ4n) is 4.02. The normalized spacial score (nSPS) is 16.3. The van der Waals surface area contributed by atoms with Crippen LogP contribution in [0.15, 0.2) is 78.0 Å². The standard InChI is InChI=1S/C27H28ClFN2O3/c1-19-7-2-5-12-27(19)33-18-22(32)16-31(15-20-8-6-9-21(28)13-20)17-23-14-26(30-34-23)24-10-3-4-11-25(24)29/h2-13,22-23,32H,14-18H2,1H3/t22-,23+/m0/s1. The van der Waals surface area contributed by atoms with Crippen LogP contribution < -0.4 is 4.74 Å². The number of aliphatic hydroxyl groups excluding tert-OH is 1. The number of para-hydroxylation sites is 1. The van der Waals surface area contributed by atoms with Crippen molar-refractivity contribution in [3.05, 3.63) is 100 Å². The van der Waals surface area contributed by atoms with Gasteiger partial charge in [0.05, 0.1) is 5.71 Å². The molecule has 1 heterocycles. The molecule has 0 saturated carbocycles. The average molecular weight is 483 g/mol. The second-order valence-electron chi connectivity index (χ2n) is 8.50. The maximum Gasteiger partial charge on any atom is 0.145 e. The summed E-state index contributed by atoms with van der Waals surface area (Å²) in [6, 6.07) is 21.9. The molecule has 1 aliphatic rings. The van der Waals surface area contributed by atoms with Crippen molar-refractivity contribution in [2.24, 2.45) is 5.16 Å². The second kappa shape index (κ2) is 11.5. The summed E-state index contributed by atoms with van der Waals surface area (Å²) in [5.74, 6) is 0.440. The smallest absolute Gasteiger partial charge is 0.145 e. The molecule has 0 radical (unpaired) electrons. The van der Waals surface area contributed by atoms with Crippen LogP contribution in [0, 0.1) is 12.7 Å². The Morgan fingerprint density at radius 3 is 2.74 bits per heavy atom. The van der Waals surface area contributed by atoms with Crippen molar-refractivity contribution in [1.82, 2.24) is 4.90 Å². The van der Waals surface area contributed by atoms with Crippen molar-refractivity contribution < 1.29 is 19.1 Å². The van der Waals surface area contributed by atoms with Gasteiger partial charge < -0.3 is 14.7 Å². The quantitative estimate of drug-likeness (QED) is 0.430. The Hall–Kier alpha value is -2.93. The van der Waals surface area contributed by atoms with E-state index in [1.807, 2.05) is 55.5 Å². The lowest BCUT2D eigenvalue weighted by Gasteiger charge is -2.27. The van der Waals surface area contributed by atoms with Crippen LogP contribution in [0.25, 0.3) is 0 Å². The van der Waals surface area contributed by atoms with E-state index in [1.165, 1.54) is 6.07 Å². The highest BCUT2D eigenvalue weighted by Crippen LogP contribution is 2.22. The maximum atomic E-state index is 14.2. The van der Waals surface area contributed by atoms with Gasteiger partial charge in [0.15, 0.2) is 0 Å². The van der Waals surface area contributed by atoms with Crippen molar-refractivity contribution in [2.75, 3.05) is 19.7 Å². The summed E-state index contributed by atoms with van der Waals surface area (Å²) in [5.41, 5.74) is 3.09. The first-order valence-corrected chi connectivity index (χ1v) is 11.7. The van der Waals surface area contributed by atoms with E-state index in [0.717, 1.165) is 16.9 Å². The molecule has 2 atom stereocenters. The van der Waals surface area contributed by atoms with Crippen LogP contribution in [-0.2, 0) is 11.4 Å². The summed E-state index contributed by atoms with van der Waals surface area (Å²) in [6.45, 7) is 3.58. The summed E-state index contributed by atoms with van der Waals surface area (Å²) in [5, 5.41) is 15.5. The molecule has 0 aromatic heterocycles. The van der Waals surface area contributed by atoms with Crippen LogP contribution in [0.3, 0.4) is 0 Å². The number of benzene rings is 3. The summed E-state index contributed by atoms with van der Waals surface area (Å²) in [6.07, 6.45) is -0.478. The van der Waals surface area contributed by atoms with E-state index >= 15 is 0 Å². The maximum absolute atomic E-state index is 14.2. The van der Waals surface area contributed by atoms with Gasteiger partial charge in [0.2, 0.25) is 0 Å². The molecule has 5 nitrogen and oxygen atoms in total. The molecule has 0 spiro atoms. The third kappa shape index (κ3) is 6.56. The zero-order valence-corrected chi connectivity index (χ0v) is 19.8. The molecule has 34 heavy (non-hydrogen) atoms. The lowest BCUT2D eigenvalue weighted by Crippen LogP contribution is -2.39. The first-order chi connectivity index (χ1) is 16.5. The summed E-state index contributed by atoms with van der Waals surface area (Å²) in [4.78, 5) is 7.72. The predicted molar refractivity (Wildman–Crippen MR) is 132 cm³/mol. The number of nitrogens with zero attached hydrogens (tertiary/aromatic N) is 2. The summed E-state index contributed by atoms with van der Waals surface area (Å²) >= 11 is 6.17. The van der Waals surface area contributed by atoms with Gasteiger partial charge in [0, 0.05) is 36.6 Å². The van der Waals surface area contributed by atoms with Gasteiger partial charge in [-0.1, -0.05) is 65.3 Å². The van der Waals surface area contributed by atoms with Crippen LogP contribution in [0.4, 0.5) is 4.39 Å². The van der Waals surface area contributed by atoms with Crippen molar-refractivity contribution in [3.8, 4) is 5.75 Å².